The second-order valence-electron chi connectivity index (χ2n) is 8.76. The molecule has 3 rings (SSSR count). The smallest absolute Gasteiger partial charge is 0.356 e. The number of nitrogens with one attached hydrogen (secondary N) is 2. The molecule has 1 aliphatic carbocycles. The number of carbonyl (C=O) groups is 4. The molecule has 2 heterocycles. The summed E-state index contributed by atoms with van der Waals surface area (Å²) in [6.07, 6.45) is -3.99. The predicted octanol–water partition coefficient (Wildman–Crippen LogP) is 0.103. The second kappa shape index (κ2) is 9.94. The Balaban J connectivity index is 1.74. The Hall–Kier alpha value is -2.25. The van der Waals surface area contributed by atoms with Gasteiger partial charge in [0.15, 0.2) is 5.78 Å². The summed E-state index contributed by atoms with van der Waals surface area (Å²) < 4.78 is 51.0. The normalized spacial score (nSPS) is 24.8. The first-order chi connectivity index (χ1) is 15.5. The topological polar surface area (TPSA) is 123 Å². The Labute approximate surface area is 188 Å². The highest BCUT2D eigenvalue weighted by atomic mass is 19.4. The lowest BCUT2D eigenvalue weighted by Crippen LogP contribution is -2.54. The maximum absolute atomic E-state index is 13.1. The molecule has 3 atom stereocenters. The highest BCUT2D eigenvalue weighted by Crippen LogP contribution is 2.55. The first kappa shape index (κ1) is 25.4. The molecule has 0 unspecified atom stereocenters. The van der Waals surface area contributed by atoms with E-state index < -0.39 is 54.9 Å². The van der Waals surface area contributed by atoms with Crippen LogP contribution in [0.15, 0.2) is 0 Å². The lowest BCUT2D eigenvalue weighted by atomic mass is 9.95. The van der Waals surface area contributed by atoms with Gasteiger partial charge in [-0.05, 0) is 37.5 Å². The van der Waals surface area contributed by atoms with Crippen LogP contribution in [0.25, 0.3) is 0 Å². The third-order valence-electron chi connectivity index (χ3n) is 6.45. The van der Waals surface area contributed by atoms with Gasteiger partial charge in [0.2, 0.25) is 18.1 Å². The molecule has 10 nitrogen and oxygen atoms in total. The van der Waals surface area contributed by atoms with Gasteiger partial charge in [-0.1, -0.05) is 0 Å². The first-order valence-corrected chi connectivity index (χ1v) is 10.7. The molecule has 0 bridgehead atoms. The van der Waals surface area contributed by atoms with Gasteiger partial charge in [-0.25, -0.2) is 0 Å². The van der Waals surface area contributed by atoms with Crippen molar-refractivity contribution in [1.82, 2.24) is 15.5 Å². The number of nitrogens with zero attached hydrogens (tertiary/aromatic N) is 1. The summed E-state index contributed by atoms with van der Waals surface area (Å²) in [6.45, 7) is -0.607. The largest absolute Gasteiger partial charge is 0.522 e. The van der Waals surface area contributed by atoms with Crippen LogP contribution in [0.5, 0.6) is 0 Å². The van der Waals surface area contributed by atoms with Crippen LogP contribution < -0.4 is 10.6 Å². The summed E-state index contributed by atoms with van der Waals surface area (Å²) in [4.78, 5) is 51.7. The van der Waals surface area contributed by atoms with Crippen LogP contribution >= 0.6 is 0 Å². The molecule has 0 aromatic heterocycles. The van der Waals surface area contributed by atoms with Crippen molar-refractivity contribution in [1.29, 1.82) is 0 Å². The zero-order valence-electron chi connectivity index (χ0n) is 18.4. The molecule has 0 radical (unpaired) electrons. The Morgan fingerprint density at radius 3 is 2.42 bits per heavy atom. The molecular formula is C20H28F3N3O7. The van der Waals surface area contributed by atoms with Gasteiger partial charge in [0.25, 0.3) is 5.91 Å². The number of hydrogen-bond donors (Lipinski definition) is 2. The predicted molar refractivity (Wildman–Crippen MR) is 104 cm³/mol. The van der Waals surface area contributed by atoms with Crippen LogP contribution in [-0.4, -0.2) is 87.1 Å². The highest BCUT2D eigenvalue weighted by Gasteiger charge is 2.56. The van der Waals surface area contributed by atoms with Gasteiger partial charge >= 0.3 is 6.36 Å². The molecule has 2 aliphatic heterocycles. The first-order valence-electron chi connectivity index (χ1n) is 10.7. The highest BCUT2D eigenvalue weighted by molar-refractivity contribution is 5.94. The number of alkyl halides is 3. The molecule has 1 saturated carbocycles. The van der Waals surface area contributed by atoms with E-state index in [1.807, 2.05) is 0 Å². The molecule has 1 spiro atoms. The number of Topliss-reactive ketones (excluding diaryl/α,β-unsaturated/α-hetero) is 1. The summed E-state index contributed by atoms with van der Waals surface area (Å²) in [5.41, 5.74) is -0.200. The average Bonchev–Trinajstić information content (AvgIpc) is 3.21. The number of likely N-dealkylation sites (tertiary alicyclic amines) is 1. The molecule has 3 amide bonds. The van der Waals surface area contributed by atoms with Crippen LogP contribution in [0.1, 0.15) is 32.1 Å². The van der Waals surface area contributed by atoms with E-state index in [4.69, 9.17) is 9.47 Å². The van der Waals surface area contributed by atoms with E-state index in [1.165, 1.54) is 19.1 Å². The van der Waals surface area contributed by atoms with Crippen molar-refractivity contribution in [2.24, 2.45) is 11.3 Å². The van der Waals surface area contributed by atoms with Crippen molar-refractivity contribution < 1.29 is 46.6 Å². The van der Waals surface area contributed by atoms with Gasteiger partial charge in [-0.15, -0.1) is 13.2 Å². The fourth-order valence-corrected chi connectivity index (χ4v) is 4.44. The molecule has 3 aliphatic rings. The number of methoxy groups -OCH3 is 2. The lowest BCUT2D eigenvalue weighted by Gasteiger charge is -2.28. The number of halogens is 3. The Morgan fingerprint density at radius 2 is 1.91 bits per heavy atom. The zero-order valence-corrected chi connectivity index (χ0v) is 18.4. The van der Waals surface area contributed by atoms with E-state index >= 15 is 0 Å². The van der Waals surface area contributed by atoms with Crippen molar-refractivity contribution >= 4 is 23.5 Å². The Kier molecular flexibility index (Phi) is 7.64. The third kappa shape index (κ3) is 6.21. The van der Waals surface area contributed by atoms with Crippen molar-refractivity contribution in [3.63, 3.8) is 0 Å². The molecule has 2 saturated heterocycles. The van der Waals surface area contributed by atoms with E-state index in [2.05, 4.69) is 15.4 Å². The van der Waals surface area contributed by atoms with Crippen molar-refractivity contribution in [3.8, 4) is 0 Å². The summed E-state index contributed by atoms with van der Waals surface area (Å²) >= 11 is 0. The van der Waals surface area contributed by atoms with E-state index in [-0.39, 0.29) is 17.7 Å². The fraction of sp³-hybridized carbons (Fsp3) is 0.800. The molecular weight excluding hydrogens is 451 g/mol. The van der Waals surface area contributed by atoms with Gasteiger partial charge in [0.1, 0.15) is 12.6 Å². The molecule has 186 valence electrons. The van der Waals surface area contributed by atoms with Crippen LogP contribution in [0.3, 0.4) is 0 Å². The number of ether oxygens (including phenoxy) is 3. The molecule has 0 aromatic carbocycles. The molecule has 3 fully saturated rings. The van der Waals surface area contributed by atoms with Gasteiger partial charge in [-0.3, -0.25) is 23.9 Å². The number of amides is 3. The molecule has 13 heteroatoms. The van der Waals surface area contributed by atoms with E-state index in [9.17, 15) is 32.3 Å². The Bertz CT molecular complexity index is 783. The number of carbonyl (C=O) groups excluding carboxylic acids is 4. The average molecular weight is 479 g/mol. The Morgan fingerprint density at radius 1 is 1.24 bits per heavy atom. The number of rotatable bonds is 10. The van der Waals surface area contributed by atoms with Crippen LogP contribution in [-0.2, 0) is 33.4 Å². The molecule has 2 N–H and O–H groups in total. The molecule has 33 heavy (non-hydrogen) atoms. The summed E-state index contributed by atoms with van der Waals surface area (Å²) in [5, 5.41) is 5.07. The number of ketones is 1. The maximum Gasteiger partial charge on any atom is 0.522 e. The van der Waals surface area contributed by atoms with E-state index in [1.54, 1.807) is 0 Å². The maximum atomic E-state index is 13.1. The van der Waals surface area contributed by atoms with Crippen molar-refractivity contribution in [2.75, 3.05) is 33.9 Å². The fourth-order valence-electron chi connectivity index (χ4n) is 4.44. The summed E-state index contributed by atoms with van der Waals surface area (Å²) in [6, 6.07) is -2.31. The van der Waals surface area contributed by atoms with Gasteiger partial charge in [-0.2, -0.15) is 0 Å². The van der Waals surface area contributed by atoms with Crippen molar-refractivity contribution in [3.05, 3.63) is 0 Å². The van der Waals surface area contributed by atoms with Crippen LogP contribution in [0, 0.1) is 11.3 Å². The SMILES string of the molecule is COC(OC)C(=O)N1CC2(CC2)C[C@H]1C(=O)N[C@@H](C[C@@H]1CCNC1=O)C(=O)COC(F)(F)F. The van der Waals surface area contributed by atoms with E-state index in [0.717, 1.165) is 12.8 Å². The standard InChI is InChI=1S/C20H28F3N3O7/c1-31-18(32-2)17(30)26-10-19(4-5-19)8-13(26)16(29)25-12(7-11-3-6-24-15(11)28)14(27)9-33-20(21,22)23/h11-13,18H,3-10H2,1-2H3,(H,24,28)(H,25,29)/t11-,12-,13-/m0/s1. The second-order valence-corrected chi connectivity index (χ2v) is 8.76. The number of hydrogen-bond acceptors (Lipinski definition) is 7. The minimum Gasteiger partial charge on any atom is -0.356 e. The van der Waals surface area contributed by atoms with Crippen LogP contribution in [0.4, 0.5) is 13.2 Å². The van der Waals surface area contributed by atoms with Crippen molar-refractivity contribution in [2.45, 2.75) is 56.8 Å². The van der Waals surface area contributed by atoms with Gasteiger partial charge in [0, 0.05) is 33.2 Å². The quantitative estimate of drug-likeness (QED) is 0.426. The summed E-state index contributed by atoms with van der Waals surface area (Å²) in [7, 11) is 2.57. The lowest BCUT2D eigenvalue weighted by molar-refractivity contribution is -0.321. The minimum absolute atomic E-state index is 0.164. The minimum atomic E-state index is -5.02. The van der Waals surface area contributed by atoms with Gasteiger partial charge < -0.3 is 25.0 Å². The zero-order chi connectivity index (χ0) is 24.4. The molecule has 0 aromatic rings. The third-order valence-corrected chi connectivity index (χ3v) is 6.45. The monoisotopic (exact) mass is 479 g/mol. The van der Waals surface area contributed by atoms with Crippen LogP contribution in [0.2, 0.25) is 0 Å². The van der Waals surface area contributed by atoms with E-state index in [0.29, 0.717) is 25.9 Å². The van der Waals surface area contributed by atoms with Gasteiger partial charge in [0.05, 0.1) is 6.04 Å². The summed E-state index contributed by atoms with van der Waals surface area (Å²) in [5.74, 6) is -3.21.